The lowest BCUT2D eigenvalue weighted by molar-refractivity contribution is -0.118. The summed E-state index contributed by atoms with van der Waals surface area (Å²) in [6.07, 6.45) is 4.80. The number of amides is 1. The Balaban J connectivity index is 1.47. The number of carbonyl (C=O) groups excluding carboxylic acids is 1. The zero-order chi connectivity index (χ0) is 20.6. The SMILES string of the molecule is O=C(Cc1ccccc1)N(CCCN1CCOCC1)c1nc(-c2ccncc2)cs1. The molecule has 0 bridgehead atoms. The van der Waals surface area contributed by atoms with E-state index in [4.69, 9.17) is 9.72 Å². The number of morpholine rings is 1. The van der Waals surface area contributed by atoms with Gasteiger partial charge < -0.3 is 4.74 Å². The van der Waals surface area contributed by atoms with Crippen LogP contribution in [0.15, 0.2) is 60.2 Å². The molecule has 6 nitrogen and oxygen atoms in total. The highest BCUT2D eigenvalue weighted by Crippen LogP contribution is 2.28. The Morgan fingerprint density at radius 1 is 1.10 bits per heavy atom. The molecule has 1 aliphatic rings. The third-order valence-electron chi connectivity index (χ3n) is 5.16. The Kier molecular flexibility index (Phi) is 7.18. The van der Waals surface area contributed by atoms with E-state index in [1.165, 1.54) is 11.3 Å². The average Bonchev–Trinajstić information content (AvgIpc) is 3.28. The fourth-order valence-corrected chi connectivity index (χ4v) is 4.39. The zero-order valence-corrected chi connectivity index (χ0v) is 17.8. The molecule has 0 atom stereocenters. The van der Waals surface area contributed by atoms with E-state index >= 15 is 0 Å². The van der Waals surface area contributed by atoms with Crippen LogP contribution in [0.25, 0.3) is 11.3 Å². The van der Waals surface area contributed by atoms with Crippen LogP contribution in [-0.2, 0) is 16.0 Å². The lowest BCUT2D eigenvalue weighted by Gasteiger charge is -2.27. The molecule has 1 fully saturated rings. The standard InChI is InChI=1S/C23H26N4O2S/c28-22(17-19-5-2-1-3-6-19)27(12-4-11-26-13-15-29-16-14-26)23-25-21(18-30-23)20-7-9-24-10-8-20/h1-3,5-10,18H,4,11-17H2. The molecule has 30 heavy (non-hydrogen) atoms. The first-order chi connectivity index (χ1) is 14.8. The van der Waals surface area contributed by atoms with Gasteiger partial charge >= 0.3 is 0 Å². The molecule has 3 heterocycles. The first kappa shape index (κ1) is 20.7. The molecule has 0 saturated carbocycles. The van der Waals surface area contributed by atoms with E-state index in [2.05, 4.69) is 9.88 Å². The Hall–Kier alpha value is -2.61. The van der Waals surface area contributed by atoms with Gasteiger partial charge in [-0.2, -0.15) is 0 Å². The summed E-state index contributed by atoms with van der Waals surface area (Å²) in [6.45, 7) is 5.12. The van der Waals surface area contributed by atoms with E-state index < -0.39 is 0 Å². The Morgan fingerprint density at radius 2 is 1.87 bits per heavy atom. The van der Waals surface area contributed by atoms with Crippen molar-refractivity contribution in [2.45, 2.75) is 12.8 Å². The van der Waals surface area contributed by atoms with Crippen molar-refractivity contribution in [1.82, 2.24) is 14.9 Å². The van der Waals surface area contributed by atoms with Crippen LogP contribution in [0.1, 0.15) is 12.0 Å². The van der Waals surface area contributed by atoms with Crippen molar-refractivity contribution in [2.75, 3.05) is 44.3 Å². The van der Waals surface area contributed by atoms with Gasteiger partial charge in [0.25, 0.3) is 0 Å². The maximum atomic E-state index is 13.2. The molecule has 2 aromatic heterocycles. The van der Waals surface area contributed by atoms with Gasteiger partial charge in [0.05, 0.1) is 25.3 Å². The molecule has 4 rings (SSSR count). The van der Waals surface area contributed by atoms with Crippen molar-refractivity contribution in [2.24, 2.45) is 0 Å². The molecule has 0 aliphatic carbocycles. The summed E-state index contributed by atoms with van der Waals surface area (Å²) in [7, 11) is 0. The Labute approximate surface area is 181 Å². The van der Waals surface area contributed by atoms with Crippen LogP contribution in [0.4, 0.5) is 5.13 Å². The normalized spacial score (nSPS) is 14.5. The largest absolute Gasteiger partial charge is 0.379 e. The van der Waals surface area contributed by atoms with Crippen molar-refractivity contribution >= 4 is 22.4 Å². The monoisotopic (exact) mass is 422 g/mol. The number of aromatic nitrogens is 2. The smallest absolute Gasteiger partial charge is 0.233 e. The molecule has 0 radical (unpaired) electrons. The van der Waals surface area contributed by atoms with Gasteiger partial charge in [-0.25, -0.2) is 4.98 Å². The Morgan fingerprint density at radius 3 is 2.63 bits per heavy atom. The van der Waals surface area contributed by atoms with Gasteiger partial charge in [0.15, 0.2) is 5.13 Å². The number of hydrogen-bond acceptors (Lipinski definition) is 6. The molecule has 1 saturated heterocycles. The van der Waals surface area contributed by atoms with Crippen molar-refractivity contribution in [3.05, 3.63) is 65.8 Å². The van der Waals surface area contributed by atoms with Crippen LogP contribution >= 0.6 is 11.3 Å². The van der Waals surface area contributed by atoms with Crippen LogP contribution in [0.5, 0.6) is 0 Å². The number of carbonyl (C=O) groups is 1. The third kappa shape index (κ3) is 5.50. The molecule has 1 aromatic carbocycles. The van der Waals surface area contributed by atoms with Gasteiger partial charge in [-0.15, -0.1) is 11.3 Å². The molecular weight excluding hydrogens is 396 g/mol. The molecule has 0 spiro atoms. The van der Waals surface area contributed by atoms with Crippen molar-refractivity contribution < 1.29 is 9.53 Å². The van der Waals surface area contributed by atoms with E-state index in [1.807, 2.05) is 52.7 Å². The predicted molar refractivity (Wildman–Crippen MR) is 120 cm³/mol. The second-order valence-corrected chi connectivity index (χ2v) is 8.10. The number of rotatable bonds is 8. The summed E-state index contributed by atoms with van der Waals surface area (Å²) in [5, 5.41) is 2.76. The first-order valence-corrected chi connectivity index (χ1v) is 11.2. The highest BCUT2D eigenvalue weighted by Gasteiger charge is 2.20. The fraction of sp³-hybridized carbons (Fsp3) is 0.348. The maximum absolute atomic E-state index is 13.2. The topological polar surface area (TPSA) is 58.6 Å². The predicted octanol–water partition coefficient (Wildman–Crippen LogP) is 3.50. The van der Waals surface area contributed by atoms with E-state index in [1.54, 1.807) is 12.4 Å². The molecule has 1 amide bonds. The minimum Gasteiger partial charge on any atom is -0.379 e. The zero-order valence-electron chi connectivity index (χ0n) is 16.9. The number of nitrogens with zero attached hydrogens (tertiary/aromatic N) is 4. The number of ether oxygens (including phenoxy) is 1. The summed E-state index contributed by atoms with van der Waals surface area (Å²) in [6, 6.07) is 13.8. The average molecular weight is 423 g/mol. The maximum Gasteiger partial charge on any atom is 0.233 e. The number of thiazole rings is 1. The molecule has 3 aromatic rings. The number of hydrogen-bond donors (Lipinski definition) is 0. The fourth-order valence-electron chi connectivity index (χ4n) is 3.51. The van der Waals surface area contributed by atoms with Crippen molar-refractivity contribution in [1.29, 1.82) is 0 Å². The van der Waals surface area contributed by atoms with Crippen molar-refractivity contribution in [3.63, 3.8) is 0 Å². The van der Waals surface area contributed by atoms with Crippen LogP contribution in [0.3, 0.4) is 0 Å². The quantitative estimate of drug-likeness (QED) is 0.556. The van der Waals surface area contributed by atoms with Crippen molar-refractivity contribution in [3.8, 4) is 11.3 Å². The lowest BCUT2D eigenvalue weighted by Crippen LogP contribution is -2.39. The lowest BCUT2D eigenvalue weighted by atomic mass is 10.1. The molecular formula is C23H26N4O2S. The molecule has 156 valence electrons. The second-order valence-electron chi connectivity index (χ2n) is 7.27. The van der Waals surface area contributed by atoms with Gasteiger partial charge in [-0.3, -0.25) is 19.6 Å². The minimum absolute atomic E-state index is 0.0822. The highest BCUT2D eigenvalue weighted by molar-refractivity contribution is 7.14. The van der Waals surface area contributed by atoms with Gasteiger partial charge in [-0.1, -0.05) is 30.3 Å². The van der Waals surface area contributed by atoms with E-state index in [0.717, 1.165) is 61.2 Å². The summed E-state index contributed by atoms with van der Waals surface area (Å²) in [4.78, 5) is 26.3. The molecule has 7 heteroatoms. The minimum atomic E-state index is 0.0822. The summed E-state index contributed by atoms with van der Waals surface area (Å²) < 4.78 is 5.43. The second kappa shape index (κ2) is 10.4. The van der Waals surface area contributed by atoms with E-state index in [9.17, 15) is 4.79 Å². The van der Waals surface area contributed by atoms with Gasteiger partial charge in [0.1, 0.15) is 0 Å². The summed E-state index contributed by atoms with van der Waals surface area (Å²) in [5.74, 6) is 0.0822. The third-order valence-corrected chi connectivity index (χ3v) is 6.02. The van der Waals surface area contributed by atoms with Crippen LogP contribution in [0, 0.1) is 0 Å². The molecule has 0 N–H and O–H groups in total. The Bertz CT molecular complexity index is 927. The molecule has 1 aliphatic heterocycles. The summed E-state index contributed by atoms with van der Waals surface area (Å²) >= 11 is 1.52. The molecule has 0 unspecified atom stereocenters. The highest BCUT2D eigenvalue weighted by atomic mass is 32.1. The van der Waals surface area contributed by atoms with Gasteiger partial charge in [-0.05, 0) is 24.1 Å². The van der Waals surface area contributed by atoms with Gasteiger partial charge in [0, 0.05) is 49.5 Å². The van der Waals surface area contributed by atoms with E-state index in [-0.39, 0.29) is 5.91 Å². The number of pyridine rings is 1. The number of anilines is 1. The number of benzene rings is 1. The van der Waals surface area contributed by atoms with Crippen LogP contribution in [0.2, 0.25) is 0 Å². The first-order valence-electron chi connectivity index (χ1n) is 10.3. The van der Waals surface area contributed by atoms with Crippen LogP contribution in [-0.4, -0.2) is 60.2 Å². The van der Waals surface area contributed by atoms with Crippen LogP contribution < -0.4 is 4.90 Å². The van der Waals surface area contributed by atoms with E-state index in [0.29, 0.717) is 13.0 Å². The van der Waals surface area contributed by atoms with Gasteiger partial charge in [0.2, 0.25) is 5.91 Å². The summed E-state index contributed by atoms with van der Waals surface area (Å²) in [5.41, 5.74) is 2.91.